The maximum atomic E-state index is 11.5. The number of nitrogens with two attached hydrogens (primary N) is 1. The zero-order valence-electron chi connectivity index (χ0n) is 9.14. The number of hydrogen-bond acceptors (Lipinski definition) is 3. The molecular weight excluding hydrogens is 284 g/mol. The van der Waals surface area contributed by atoms with E-state index in [1.165, 1.54) is 18.2 Å². The van der Waals surface area contributed by atoms with Gasteiger partial charge in [-0.25, -0.2) is 17.8 Å². The molecule has 1 aromatic rings. The van der Waals surface area contributed by atoms with Crippen LogP contribution in [0.3, 0.4) is 0 Å². The van der Waals surface area contributed by atoms with Gasteiger partial charge in [-0.1, -0.05) is 18.5 Å². The van der Waals surface area contributed by atoms with Crippen LogP contribution in [0, 0.1) is 0 Å². The van der Waals surface area contributed by atoms with Gasteiger partial charge in [-0.3, -0.25) is 0 Å². The van der Waals surface area contributed by atoms with Gasteiger partial charge < -0.3 is 4.72 Å². The van der Waals surface area contributed by atoms with E-state index in [9.17, 15) is 12.6 Å². The Balaban J connectivity index is 3.12. The van der Waals surface area contributed by atoms with Gasteiger partial charge in [0.1, 0.15) is 15.9 Å². The van der Waals surface area contributed by atoms with E-state index in [4.69, 9.17) is 16.7 Å². The van der Waals surface area contributed by atoms with E-state index in [0.29, 0.717) is 5.75 Å². The lowest BCUT2D eigenvalue weighted by Crippen LogP contribution is -2.16. The molecule has 0 saturated heterocycles. The highest BCUT2D eigenvalue weighted by molar-refractivity contribution is 7.89. The lowest BCUT2D eigenvalue weighted by atomic mass is 10.3. The van der Waals surface area contributed by atoms with Gasteiger partial charge in [0.15, 0.2) is 0 Å². The van der Waals surface area contributed by atoms with Crippen molar-refractivity contribution in [2.75, 3.05) is 10.5 Å². The SMILES string of the molecule is CCCS(=O)Nc1ccc(Cl)cc1S(N)(=O)=O. The van der Waals surface area contributed by atoms with Crippen molar-refractivity contribution in [1.29, 1.82) is 0 Å². The van der Waals surface area contributed by atoms with Crippen LogP contribution in [0.5, 0.6) is 0 Å². The van der Waals surface area contributed by atoms with Crippen LogP contribution in [0.4, 0.5) is 5.69 Å². The molecule has 0 aromatic heterocycles. The second-order valence-electron chi connectivity index (χ2n) is 3.34. The molecule has 1 atom stereocenters. The van der Waals surface area contributed by atoms with Gasteiger partial charge in [-0.05, 0) is 24.6 Å². The van der Waals surface area contributed by atoms with E-state index < -0.39 is 21.0 Å². The lowest BCUT2D eigenvalue weighted by Gasteiger charge is -2.10. The van der Waals surface area contributed by atoms with Crippen LogP contribution in [0.2, 0.25) is 5.02 Å². The maximum absolute atomic E-state index is 11.5. The van der Waals surface area contributed by atoms with E-state index in [0.717, 1.165) is 6.42 Å². The minimum absolute atomic E-state index is 0.158. The quantitative estimate of drug-likeness (QED) is 0.862. The van der Waals surface area contributed by atoms with Crippen LogP contribution in [-0.4, -0.2) is 18.4 Å². The van der Waals surface area contributed by atoms with Crippen LogP contribution in [0.15, 0.2) is 23.1 Å². The molecule has 0 aliphatic rings. The molecule has 0 aliphatic heterocycles. The van der Waals surface area contributed by atoms with E-state index in [2.05, 4.69) is 4.72 Å². The molecule has 96 valence electrons. The summed E-state index contributed by atoms with van der Waals surface area (Å²) in [5.74, 6) is 0.423. The first-order valence-corrected chi connectivity index (χ1v) is 8.06. The van der Waals surface area contributed by atoms with Gasteiger partial charge in [-0.15, -0.1) is 0 Å². The monoisotopic (exact) mass is 296 g/mol. The van der Waals surface area contributed by atoms with Crippen molar-refractivity contribution in [3.05, 3.63) is 23.2 Å². The van der Waals surface area contributed by atoms with Gasteiger partial charge in [0, 0.05) is 10.8 Å². The third-order valence-corrected chi connectivity index (χ3v) is 4.28. The average Bonchev–Trinajstić information content (AvgIpc) is 2.19. The number of benzene rings is 1. The molecule has 1 aromatic carbocycles. The minimum Gasteiger partial charge on any atom is -0.304 e. The largest absolute Gasteiger partial charge is 0.304 e. The molecule has 0 heterocycles. The van der Waals surface area contributed by atoms with Crippen LogP contribution in [0.1, 0.15) is 13.3 Å². The smallest absolute Gasteiger partial charge is 0.240 e. The first-order chi connectivity index (χ1) is 7.84. The second-order valence-corrected chi connectivity index (χ2v) is 6.61. The summed E-state index contributed by atoms with van der Waals surface area (Å²) in [5, 5.41) is 5.30. The van der Waals surface area contributed by atoms with E-state index in [1.54, 1.807) is 0 Å². The Hall–Kier alpha value is -0.630. The zero-order chi connectivity index (χ0) is 13.1. The normalized spacial score (nSPS) is 13.4. The molecule has 8 heteroatoms. The molecular formula is C9H13ClN2O3S2. The molecule has 1 unspecified atom stereocenters. The maximum Gasteiger partial charge on any atom is 0.240 e. The van der Waals surface area contributed by atoms with Gasteiger partial charge in [0.05, 0.1) is 5.69 Å². The molecule has 0 radical (unpaired) electrons. The van der Waals surface area contributed by atoms with Crippen molar-refractivity contribution in [3.8, 4) is 0 Å². The predicted molar refractivity (Wildman–Crippen MR) is 69.7 cm³/mol. The predicted octanol–water partition coefficient (Wildman–Crippen LogP) is 1.47. The highest BCUT2D eigenvalue weighted by atomic mass is 35.5. The fourth-order valence-electron chi connectivity index (χ4n) is 1.17. The van der Waals surface area contributed by atoms with Crippen molar-refractivity contribution in [2.45, 2.75) is 18.2 Å². The number of rotatable bonds is 5. The van der Waals surface area contributed by atoms with E-state index in [1.807, 2.05) is 6.92 Å². The van der Waals surface area contributed by atoms with Crippen LogP contribution in [-0.2, 0) is 21.0 Å². The summed E-state index contributed by atoms with van der Waals surface area (Å²) in [6.45, 7) is 1.88. The second kappa shape index (κ2) is 5.81. The Morgan fingerprint density at radius 2 is 2.12 bits per heavy atom. The van der Waals surface area contributed by atoms with Crippen LogP contribution in [0.25, 0.3) is 0 Å². The first-order valence-electron chi connectivity index (χ1n) is 4.82. The highest BCUT2D eigenvalue weighted by Gasteiger charge is 2.15. The van der Waals surface area contributed by atoms with Crippen molar-refractivity contribution in [3.63, 3.8) is 0 Å². The third-order valence-electron chi connectivity index (χ3n) is 1.86. The Morgan fingerprint density at radius 1 is 1.47 bits per heavy atom. The number of primary sulfonamides is 1. The molecule has 0 spiro atoms. The van der Waals surface area contributed by atoms with Crippen molar-refractivity contribution in [1.82, 2.24) is 0 Å². The summed E-state index contributed by atoms with van der Waals surface area (Å²) in [4.78, 5) is -0.158. The fourth-order valence-corrected chi connectivity index (χ4v) is 3.09. The molecule has 0 fully saturated rings. The lowest BCUT2D eigenvalue weighted by molar-refractivity contribution is 0.598. The molecule has 0 amide bonds. The Kier molecular flexibility index (Phi) is 4.93. The highest BCUT2D eigenvalue weighted by Crippen LogP contribution is 2.24. The number of sulfonamides is 1. The Labute approximate surface area is 108 Å². The standard InChI is InChI=1S/C9H13ClN2O3S2/c1-2-5-16(13)12-8-4-3-7(10)6-9(8)17(11,14)15/h3-4,6,12H,2,5H2,1H3,(H2,11,14,15). The zero-order valence-corrected chi connectivity index (χ0v) is 11.5. The van der Waals surface area contributed by atoms with Crippen LogP contribution < -0.4 is 9.86 Å². The molecule has 17 heavy (non-hydrogen) atoms. The van der Waals surface area contributed by atoms with Gasteiger partial charge in [-0.2, -0.15) is 0 Å². The van der Waals surface area contributed by atoms with E-state index >= 15 is 0 Å². The molecule has 0 saturated carbocycles. The molecule has 1 rings (SSSR count). The molecule has 5 nitrogen and oxygen atoms in total. The van der Waals surface area contributed by atoms with Gasteiger partial charge in [0.2, 0.25) is 10.0 Å². The molecule has 0 bridgehead atoms. The minimum atomic E-state index is -3.90. The third kappa shape index (κ3) is 4.27. The Morgan fingerprint density at radius 3 is 2.65 bits per heavy atom. The summed E-state index contributed by atoms with van der Waals surface area (Å²) >= 11 is 5.70. The van der Waals surface area contributed by atoms with Crippen LogP contribution >= 0.6 is 11.6 Å². The van der Waals surface area contributed by atoms with Crippen molar-refractivity contribution in [2.24, 2.45) is 5.14 Å². The summed E-state index contributed by atoms with van der Waals surface area (Å²) in [7, 11) is -5.23. The summed E-state index contributed by atoms with van der Waals surface area (Å²) in [6.07, 6.45) is 0.720. The Bertz CT molecular complexity index is 531. The first kappa shape index (κ1) is 14.4. The number of nitrogens with one attached hydrogen (secondary N) is 1. The number of anilines is 1. The summed E-state index contributed by atoms with van der Waals surface area (Å²) < 4.78 is 36.8. The van der Waals surface area contributed by atoms with Crippen molar-refractivity contribution < 1.29 is 12.6 Å². The number of hydrogen-bond donors (Lipinski definition) is 2. The topological polar surface area (TPSA) is 89.3 Å². The average molecular weight is 297 g/mol. The fraction of sp³-hybridized carbons (Fsp3) is 0.333. The number of halogens is 1. The molecule has 3 N–H and O–H groups in total. The molecule has 0 aliphatic carbocycles. The van der Waals surface area contributed by atoms with Gasteiger partial charge in [0.25, 0.3) is 0 Å². The van der Waals surface area contributed by atoms with Gasteiger partial charge >= 0.3 is 0 Å². The summed E-state index contributed by atoms with van der Waals surface area (Å²) in [5.41, 5.74) is 0.198. The van der Waals surface area contributed by atoms with E-state index in [-0.39, 0.29) is 15.6 Å². The van der Waals surface area contributed by atoms with Crippen molar-refractivity contribution >= 4 is 38.3 Å². The summed E-state index contributed by atoms with van der Waals surface area (Å²) in [6, 6.07) is 4.17.